The summed E-state index contributed by atoms with van der Waals surface area (Å²) in [5.41, 5.74) is -0.451. The van der Waals surface area contributed by atoms with Gasteiger partial charge in [-0.15, -0.1) is 0 Å². The summed E-state index contributed by atoms with van der Waals surface area (Å²) in [7, 11) is 0. The smallest absolute Gasteiger partial charge is 0.366 e. The lowest BCUT2D eigenvalue weighted by Crippen LogP contribution is -2.44. The number of aliphatic hydroxyl groups is 1. The molecule has 1 amide bonds. The molecule has 1 unspecified atom stereocenters. The fourth-order valence-electron chi connectivity index (χ4n) is 3.51. The first-order chi connectivity index (χ1) is 13.1. The number of fused-ring (bicyclic) bond motifs is 1. The Bertz CT molecular complexity index is 1070. The van der Waals surface area contributed by atoms with E-state index in [2.05, 4.69) is 10.5 Å². The fraction of sp³-hybridized carbons (Fsp3) is 0.318. The number of aromatic nitrogens is 1. The molecule has 0 aliphatic heterocycles. The molecule has 6 heteroatoms. The van der Waals surface area contributed by atoms with Crippen molar-refractivity contribution in [1.82, 2.24) is 5.16 Å². The molecule has 0 spiro atoms. The minimum absolute atomic E-state index is 0.244. The van der Waals surface area contributed by atoms with Gasteiger partial charge in [-0.05, 0) is 49.4 Å². The molecule has 0 radical (unpaired) electrons. The largest absolute Gasteiger partial charge is 0.380 e. The van der Waals surface area contributed by atoms with Gasteiger partial charge in [0, 0.05) is 11.1 Å². The van der Waals surface area contributed by atoms with Crippen molar-refractivity contribution in [3.05, 3.63) is 70.2 Å². The first-order valence-corrected chi connectivity index (χ1v) is 9.10. The Kier molecular flexibility index (Phi) is 5.08. The van der Waals surface area contributed by atoms with Gasteiger partial charge in [0.15, 0.2) is 0 Å². The summed E-state index contributed by atoms with van der Waals surface area (Å²) in [5, 5.41) is 18.3. The van der Waals surface area contributed by atoms with Gasteiger partial charge in [0.1, 0.15) is 5.60 Å². The summed E-state index contributed by atoms with van der Waals surface area (Å²) in [5.74, 6) is -0.510. The maximum absolute atomic E-state index is 12.8. The molecule has 0 bridgehead atoms. The maximum atomic E-state index is 12.8. The first kappa shape index (κ1) is 19.8. The minimum atomic E-state index is -1.59. The monoisotopic (exact) mass is 380 g/mol. The zero-order chi connectivity index (χ0) is 20.5. The Labute approximate surface area is 163 Å². The highest BCUT2D eigenvalue weighted by Gasteiger charge is 2.37. The summed E-state index contributed by atoms with van der Waals surface area (Å²) in [6, 6.07) is 14.6. The Balaban J connectivity index is 1.82. The van der Waals surface area contributed by atoms with Crippen LogP contribution < -0.4 is 10.9 Å². The molecule has 1 aromatic heterocycles. The van der Waals surface area contributed by atoms with E-state index in [9.17, 15) is 14.7 Å². The molecular weight excluding hydrogens is 356 g/mol. The van der Waals surface area contributed by atoms with Crippen molar-refractivity contribution in [2.24, 2.45) is 0 Å². The molecule has 146 valence electrons. The Morgan fingerprint density at radius 2 is 1.79 bits per heavy atom. The topological polar surface area (TPSA) is 92.4 Å². The van der Waals surface area contributed by atoms with Gasteiger partial charge in [-0.2, -0.15) is 0 Å². The molecule has 0 saturated heterocycles. The normalized spacial score (nSPS) is 13.9. The Morgan fingerprint density at radius 1 is 1.11 bits per heavy atom. The van der Waals surface area contributed by atoms with E-state index < -0.39 is 22.5 Å². The van der Waals surface area contributed by atoms with E-state index >= 15 is 0 Å². The summed E-state index contributed by atoms with van der Waals surface area (Å²) in [6.45, 7) is 7.22. The van der Waals surface area contributed by atoms with Crippen molar-refractivity contribution in [2.45, 2.75) is 45.1 Å². The van der Waals surface area contributed by atoms with Crippen LogP contribution in [0, 0.1) is 6.92 Å². The maximum Gasteiger partial charge on any atom is 0.366 e. The summed E-state index contributed by atoms with van der Waals surface area (Å²) < 4.78 is 4.71. The quantitative estimate of drug-likeness (QED) is 0.706. The van der Waals surface area contributed by atoms with Crippen LogP contribution in [-0.2, 0) is 10.2 Å². The third-order valence-corrected chi connectivity index (χ3v) is 4.98. The predicted molar refractivity (Wildman–Crippen MR) is 108 cm³/mol. The Hall–Kier alpha value is -2.99. The predicted octanol–water partition coefficient (Wildman–Crippen LogP) is 3.55. The number of carbonyl (C=O) groups is 1. The fourth-order valence-corrected chi connectivity index (χ4v) is 3.51. The standard InChI is InChI=1S/C22H24N2O4/c1-14-18-12-16(10-11-17(18)19(25)28-24-14)23-20(26)22(4,27)13-21(2,3)15-8-6-5-7-9-15/h5-12,27H,13H2,1-4H3,(H,23,26). The van der Waals surface area contributed by atoms with Crippen molar-refractivity contribution >= 4 is 22.4 Å². The second kappa shape index (κ2) is 7.20. The van der Waals surface area contributed by atoms with E-state index in [1.165, 1.54) is 6.92 Å². The van der Waals surface area contributed by atoms with Gasteiger partial charge < -0.3 is 14.9 Å². The molecule has 3 aromatic rings. The summed E-state index contributed by atoms with van der Waals surface area (Å²) in [6.07, 6.45) is 0.244. The van der Waals surface area contributed by atoms with Crippen LogP contribution in [0.25, 0.3) is 10.8 Å². The zero-order valence-corrected chi connectivity index (χ0v) is 16.4. The number of carbonyl (C=O) groups excluding carboxylic acids is 1. The molecule has 2 aromatic carbocycles. The second-order valence-electron chi connectivity index (χ2n) is 7.97. The van der Waals surface area contributed by atoms with Gasteiger partial charge in [0.2, 0.25) is 0 Å². The van der Waals surface area contributed by atoms with Crippen LogP contribution in [0.2, 0.25) is 0 Å². The SMILES string of the molecule is Cc1noc(=O)c2ccc(NC(=O)C(C)(O)CC(C)(C)c3ccccc3)cc12. The van der Waals surface area contributed by atoms with Gasteiger partial charge >= 0.3 is 5.63 Å². The second-order valence-corrected chi connectivity index (χ2v) is 7.97. The molecule has 28 heavy (non-hydrogen) atoms. The lowest BCUT2D eigenvalue weighted by molar-refractivity contribution is -0.134. The van der Waals surface area contributed by atoms with Gasteiger partial charge in [-0.3, -0.25) is 4.79 Å². The lowest BCUT2D eigenvalue weighted by atomic mass is 9.75. The number of hydrogen-bond acceptors (Lipinski definition) is 5. The van der Waals surface area contributed by atoms with Crippen LogP contribution in [-0.4, -0.2) is 21.8 Å². The van der Waals surface area contributed by atoms with Crippen LogP contribution in [0.1, 0.15) is 38.4 Å². The van der Waals surface area contributed by atoms with E-state index in [1.807, 2.05) is 44.2 Å². The highest BCUT2D eigenvalue weighted by Crippen LogP contribution is 2.33. The summed E-state index contributed by atoms with van der Waals surface area (Å²) >= 11 is 0. The number of aryl methyl sites for hydroxylation is 1. The van der Waals surface area contributed by atoms with Crippen LogP contribution in [0.15, 0.2) is 57.8 Å². The van der Waals surface area contributed by atoms with Gasteiger partial charge in [-0.25, -0.2) is 4.79 Å². The van der Waals surface area contributed by atoms with E-state index in [1.54, 1.807) is 25.1 Å². The van der Waals surface area contributed by atoms with Gasteiger partial charge in [-0.1, -0.05) is 49.3 Å². The molecule has 0 aliphatic rings. The lowest BCUT2D eigenvalue weighted by Gasteiger charge is -2.33. The molecule has 0 saturated carbocycles. The van der Waals surface area contributed by atoms with Crippen molar-refractivity contribution in [3.8, 4) is 0 Å². The molecule has 1 atom stereocenters. The zero-order valence-electron chi connectivity index (χ0n) is 16.4. The molecule has 0 aliphatic carbocycles. The number of hydrogen-bond donors (Lipinski definition) is 2. The van der Waals surface area contributed by atoms with Gasteiger partial charge in [0.25, 0.3) is 5.91 Å². The van der Waals surface area contributed by atoms with E-state index in [4.69, 9.17) is 4.52 Å². The third kappa shape index (κ3) is 3.97. The molecule has 6 nitrogen and oxygen atoms in total. The average Bonchev–Trinajstić information content (AvgIpc) is 2.65. The molecule has 3 rings (SSSR count). The van der Waals surface area contributed by atoms with Crippen LogP contribution >= 0.6 is 0 Å². The van der Waals surface area contributed by atoms with Crippen molar-refractivity contribution in [3.63, 3.8) is 0 Å². The highest BCUT2D eigenvalue weighted by molar-refractivity contribution is 5.99. The van der Waals surface area contributed by atoms with Crippen LogP contribution in [0.5, 0.6) is 0 Å². The van der Waals surface area contributed by atoms with Crippen molar-refractivity contribution in [1.29, 1.82) is 0 Å². The Morgan fingerprint density at radius 3 is 2.46 bits per heavy atom. The highest BCUT2D eigenvalue weighted by atomic mass is 16.5. The minimum Gasteiger partial charge on any atom is -0.380 e. The van der Waals surface area contributed by atoms with Gasteiger partial charge in [0.05, 0.1) is 11.1 Å². The number of nitrogens with zero attached hydrogens (tertiary/aromatic N) is 1. The van der Waals surface area contributed by atoms with E-state index in [0.717, 1.165) is 5.56 Å². The third-order valence-electron chi connectivity index (χ3n) is 4.98. The number of benzene rings is 2. The van der Waals surface area contributed by atoms with E-state index in [0.29, 0.717) is 22.2 Å². The average molecular weight is 380 g/mol. The van der Waals surface area contributed by atoms with Crippen molar-refractivity contribution in [2.75, 3.05) is 5.32 Å². The molecule has 2 N–H and O–H groups in total. The summed E-state index contributed by atoms with van der Waals surface area (Å²) in [4.78, 5) is 24.5. The van der Waals surface area contributed by atoms with Crippen LogP contribution in [0.3, 0.4) is 0 Å². The van der Waals surface area contributed by atoms with Crippen molar-refractivity contribution < 1.29 is 14.4 Å². The number of nitrogens with one attached hydrogen (secondary N) is 1. The number of rotatable bonds is 5. The molecular formula is C22H24N2O4. The first-order valence-electron chi connectivity index (χ1n) is 9.10. The number of amides is 1. The number of anilines is 1. The molecule has 1 heterocycles. The van der Waals surface area contributed by atoms with E-state index in [-0.39, 0.29) is 6.42 Å². The van der Waals surface area contributed by atoms with Crippen LogP contribution in [0.4, 0.5) is 5.69 Å². The molecule has 0 fully saturated rings.